The molecule has 3 aromatic rings. The van der Waals surface area contributed by atoms with Crippen LogP contribution in [0.3, 0.4) is 0 Å². The van der Waals surface area contributed by atoms with Crippen LogP contribution in [0.25, 0.3) is 0 Å². The number of thioether (sulfide) groups is 1. The molecule has 0 saturated carbocycles. The largest absolute Gasteiger partial charge is 0.494 e. The summed E-state index contributed by atoms with van der Waals surface area (Å²) in [5.41, 5.74) is 2.39. The normalized spacial score (nSPS) is 11.6. The fraction of sp³-hybridized carbons (Fsp3) is 0.333. The van der Waals surface area contributed by atoms with E-state index in [1.165, 1.54) is 11.8 Å². The van der Waals surface area contributed by atoms with Gasteiger partial charge in [0.1, 0.15) is 5.75 Å². The van der Waals surface area contributed by atoms with Gasteiger partial charge < -0.3 is 19.9 Å². The predicted molar refractivity (Wildman–Crippen MR) is 130 cm³/mol. The van der Waals surface area contributed by atoms with E-state index in [-0.39, 0.29) is 23.6 Å². The third-order valence-corrected chi connectivity index (χ3v) is 5.86. The zero-order chi connectivity index (χ0) is 23.8. The standard InChI is InChI=1S/C24H29N5O3S/c1-5-29-22(17(4)25-23(31)18-9-7-16(3)8-10-18)27-28-24(29)33-15-21(30)26-19-11-13-20(14-12-19)32-6-2/h7-14,17H,5-6,15H2,1-4H3,(H,25,31)(H,26,30)/t17-/m1/s1. The molecule has 2 aromatic carbocycles. The molecule has 0 fully saturated rings. The lowest BCUT2D eigenvalue weighted by molar-refractivity contribution is -0.113. The molecule has 174 valence electrons. The molecule has 9 heteroatoms. The smallest absolute Gasteiger partial charge is 0.251 e. The van der Waals surface area contributed by atoms with Gasteiger partial charge in [-0.3, -0.25) is 9.59 Å². The highest BCUT2D eigenvalue weighted by Gasteiger charge is 2.20. The Morgan fingerprint density at radius 3 is 2.39 bits per heavy atom. The number of aryl methyl sites for hydroxylation is 1. The van der Waals surface area contributed by atoms with E-state index in [2.05, 4.69) is 20.8 Å². The van der Waals surface area contributed by atoms with Crippen molar-refractivity contribution in [3.63, 3.8) is 0 Å². The van der Waals surface area contributed by atoms with Crippen LogP contribution < -0.4 is 15.4 Å². The number of nitrogens with one attached hydrogen (secondary N) is 2. The lowest BCUT2D eigenvalue weighted by atomic mass is 10.1. The molecule has 2 amide bonds. The number of ether oxygens (including phenoxy) is 1. The van der Waals surface area contributed by atoms with Crippen molar-refractivity contribution >= 4 is 29.3 Å². The van der Waals surface area contributed by atoms with E-state index in [1.807, 2.05) is 56.5 Å². The van der Waals surface area contributed by atoms with Crippen molar-refractivity contribution in [2.75, 3.05) is 17.7 Å². The summed E-state index contributed by atoms with van der Waals surface area (Å²) in [6.45, 7) is 8.96. The van der Waals surface area contributed by atoms with Crippen molar-refractivity contribution in [2.24, 2.45) is 0 Å². The van der Waals surface area contributed by atoms with E-state index in [9.17, 15) is 9.59 Å². The summed E-state index contributed by atoms with van der Waals surface area (Å²) in [4.78, 5) is 24.9. The minimum atomic E-state index is -0.335. The van der Waals surface area contributed by atoms with E-state index in [0.29, 0.717) is 35.4 Å². The molecular weight excluding hydrogens is 438 g/mol. The van der Waals surface area contributed by atoms with Gasteiger partial charge in [0, 0.05) is 17.8 Å². The molecule has 1 heterocycles. The van der Waals surface area contributed by atoms with Crippen LogP contribution in [0, 0.1) is 6.92 Å². The molecule has 0 radical (unpaired) electrons. The zero-order valence-corrected chi connectivity index (χ0v) is 20.1. The van der Waals surface area contributed by atoms with Crippen LogP contribution in [0.4, 0.5) is 5.69 Å². The van der Waals surface area contributed by atoms with Gasteiger partial charge in [-0.2, -0.15) is 0 Å². The Bertz CT molecular complexity index is 1080. The maximum atomic E-state index is 12.6. The third kappa shape index (κ3) is 6.58. The van der Waals surface area contributed by atoms with Crippen LogP contribution in [0.15, 0.2) is 53.7 Å². The fourth-order valence-corrected chi connectivity index (χ4v) is 4.01. The molecule has 8 nitrogen and oxygen atoms in total. The molecule has 2 N–H and O–H groups in total. The van der Waals surface area contributed by atoms with Crippen LogP contribution in [0.2, 0.25) is 0 Å². The van der Waals surface area contributed by atoms with E-state index in [0.717, 1.165) is 11.3 Å². The van der Waals surface area contributed by atoms with Gasteiger partial charge in [-0.25, -0.2) is 0 Å². The monoisotopic (exact) mass is 467 g/mol. The first-order valence-corrected chi connectivity index (χ1v) is 11.9. The van der Waals surface area contributed by atoms with Crippen molar-refractivity contribution in [2.45, 2.75) is 45.4 Å². The number of anilines is 1. The second kappa shape index (κ2) is 11.5. The molecular formula is C24H29N5O3S. The van der Waals surface area contributed by atoms with Gasteiger partial charge in [-0.1, -0.05) is 29.5 Å². The van der Waals surface area contributed by atoms with Gasteiger partial charge in [0.15, 0.2) is 11.0 Å². The summed E-state index contributed by atoms with van der Waals surface area (Å²) < 4.78 is 7.32. The Morgan fingerprint density at radius 2 is 1.76 bits per heavy atom. The lowest BCUT2D eigenvalue weighted by Gasteiger charge is -2.15. The number of hydrogen-bond acceptors (Lipinski definition) is 6. The lowest BCUT2D eigenvalue weighted by Crippen LogP contribution is -2.28. The summed E-state index contributed by atoms with van der Waals surface area (Å²) in [5, 5.41) is 15.0. The number of nitrogens with zero attached hydrogens (tertiary/aromatic N) is 3. The third-order valence-electron chi connectivity index (χ3n) is 4.89. The van der Waals surface area contributed by atoms with E-state index in [4.69, 9.17) is 4.74 Å². The Labute approximate surface area is 198 Å². The molecule has 0 unspecified atom stereocenters. The van der Waals surface area contributed by atoms with Crippen LogP contribution in [0.1, 0.15) is 48.6 Å². The van der Waals surface area contributed by atoms with Gasteiger partial charge in [0.25, 0.3) is 5.91 Å². The molecule has 1 aromatic heterocycles. The highest BCUT2D eigenvalue weighted by Crippen LogP contribution is 2.22. The Morgan fingerprint density at radius 1 is 1.06 bits per heavy atom. The number of carbonyl (C=O) groups excluding carboxylic acids is 2. The minimum Gasteiger partial charge on any atom is -0.494 e. The molecule has 0 aliphatic carbocycles. The van der Waals surface area contributed by atoms with Crippen LogP contribution >= 0.6 is 11.8 Å². The first-order valence-electron chi connectivity index (χ1n) is 10.9. The Hall–Kier alpha value is -3.33. The maximum Gasteiger partial charge on any atom is 0.251 e. The molecule has 3 rings (SSSR count). The number of hydrogen-bond donors (Lipinski definition) is 2. The number of aromatic nitrogens is 3. The zero-order valence-electron chi connectivity index (χ0n) is 19.3. The molecule has 1 atom stereocenters. The van der Waals surface area contributed by atoms with Crippen LogP contribution in [-0.4, -0.2) is 38.9 Å². The second-order valence-corrected chi connectivity index (χ2v) is 8.38. The number of benzene rings is 2. The summed E-state index contributed by atoms with van der Waals surface area (Å²) in [5.74, 6) is 1.29. The number of rotatable bonds is 10. The average molecular weight is 468 g/mol. The number of amides is 2. The predicted octanol–water partition coefficient (Wildman–Crippen LogP) is 4.23. The molecule has 0 spiro atoms. The van der Waals surface area contributed by atoms with Crippen molar-refractivity contribution in [3.8, 4) is 5.75 Å². The Balaban J connectivity index is 1.58. The van der Waals surface area contributed by atoms with Crippen molar-refractivity contribution < 1.29 is 14.3 Å². The SMILES string of the molecule is CCOc1ccc(NC(=O)CSc2nnc([C@@H](C)NC(=O)c3ccc(C)cc3)n2CC)cc1. The number of carbonyl (C=O) groups is 2. The first kappa shape index (κ1) is 24.3. The first-order chi connectivity index (χ1) is 15.9. The molecule has 33 heavy (non-hydrogen) atoms. The summed E-state index contributed by atoms with van der Waals surface area (Å²) in [6.07, 6.45) is 0. The second-order valence-electron chi connectivity index (χ2n) is 7.44. The fourth-order valence-electron chi connectivity index (χ4n) is 3.20. The molecule has 0 bridgehead atoms. The minimum absolute atomic E-state index is 0.142. The van der Waals surface area contributed by atoms with E-state index < -0.39 is 0 Å². The highest BCUT2D eigenvalue weighted by molar-refractivity contribution is 7.99. The van der Waals surface area contributed by atoms with Gasteiger partial charge in [0.2, 0.25) is 5.91 Å². The topological polar surface area (TPSA) is 98.1 Å². The maximum absolute atomic E-state index is 12.6. The van der Waals surface area contributed by atoms with Gasteiger partial charge >= 0.3 is 0 Å². The van der Waals surface area contributed by atoms with Crippen LogP contribution in [0.5, 0.6) is 5.75 Å². The Kier molecular flexibility index (Phi) is 8.48. The van der Waals surface area contributed by atoms with Gasteiger partial charge in [0.05, 0.1) is 18.4 Å². The van der Waals surface area contributed by atoms with E-state index >= 15 is 0 Å². The molecule has 0 saturated heterocycles. The quantitative estimate of drug-likeness (QED) is 0.433. The molecule has 0 aliphatic rings. The average Bonchev–Trinajstić information content (AvgIpc) is 3.22. The van der Waals surface area contributed by atoms with Gasteiger partial charge in [-0.05, 0) is 64.1 Å². The van der Waals surface area contributed by atoms with Gasteiger partial charge in [-0.15, -0.1) is 10.2 Å². The molecule has 0 aliphatic heterocycles. The van der Waals surface area contributed by atoms with Crippen molar-refractivity contribution in [1.29, 1.82) is 0 Å². The summed E-state index contributed by atoms with van der Waals surface area (Å²) in [6, 6.07) is 14.3. The van der Waals surface area contributed by atoms with Crippen molar-refractivity contribution in [1.82, 2.24) is 20.1 Å². The van der Waals surface area contributed by atoms with Crippen LogP contribution in [-0.2, 0) is 11.3 Å². The summed E-state index contributed by atoms with van der Waals surface area (Å²) in [7, 11) is 0. The van der Waals surface area contributed by atoms with Crippen molar-refractivity contribution in [3.05, 3.63) is 65.5 Å². The summed E-state index contributed by atoms with van der Waals surface area (Å²) >= 11 is 1.31. The highest BCUT2D eigenvalue weighted by atomic mass is 32.2. The van der Waals surface area contributed by atoms with E-state index in [1.54, 1.807) is 24.3 Å².